The van der Waals surface area contributed by atoms with Gasteiger partial charge in [0.25, 0.3) is 0 Å². The van der Waals surface area contributed by atoms with Gasteiger partial charge in [0.15, 0.2) is 0 Å². The summed E-state index contributed by atoms with van der Waals surface area (Å²) in [6.45, 7) is 0. The van der Waals surface area contributed by atoms with Gasteiger partial charge < -0.3 is 0 Å². The van der Waals surface area contributed by atoms with Crippen molar-refractivity contribution in [1.29, 1.82) is 0 Å². The SMILES string of the molecule is c1ccc2cc3c(ccc4cccc(-c5ccc6ccc7cncnc7c6n5)c43)cc2c1. The lowest BCUT2D eigenvalue weighted by atomic mass is 9.94. The Kier molecular flexibility index (Phi) is 3.55. The lowest BCUT2D eigenvalue weighted by Gasteiger charge is -2.12. The van der Waals surface area contributed by atoms with Crippen LogP contribution in [-0.2, 0) is 0 Å². The predicted octanol–water partition coefficient (Wildman–Crippen LogP) is 7.30. The van der Waals surface area contributed by atoms with Crippen molar-refractivity contribution in [2.45, 2.75) is 0 Å². The van der Waals surface area contributed by atoms with E-state index in [0.29, 0.717) is 0 Å². The van der Waals surface area contributed by atoms with Gasteiger partial charge >= 0.3 is 0 Å². The van der Waals surface area contributed by atoms with Crippen LogP contribution in [0.2, 0.25) is 0 Å². The largest absolute Gasteiger partial charge is 0.245 e. The van der Waals surface area contributed by atoms with E-state index in [1.807, 2.05) is 6.20 Å². The average Bonchev–Trinajstić information content (AvgIpc) is 2.86. The van der Waals surface area contributed by atoms with Gasteiger partial charge in [-0.05, 0) is 50.5 Å². The molecule has 2 aromatic heterocycles. The molecule has 0 aliphatic heterocycles. The summed E-state index contributed by atoms with van der Waals surface area (Å²) in [5, 5.41) is 9.52. The average molecular weight is 407 g/mol. The second-order valence-electron chi connectivity index (χ2n) is 8.18. The van der Waals surface area contributed by atoms with Gasteiger partial charge in [-0.15, -0.1) is 0 Å². The number of fused-ring (bicyclic) bond motifs is 7. The highest BCUT2D eigenvalue weighted by molar-refractivity contribution is 6.17. The Morgan fingerprint density at radius 3 is 2.22 bits per heavy atom. The standard InChI is InChI=1S/C29H17N3/c1-2-5-21-15-25-22(14-20(21)4-1)10-8-18-6-3-7-24(27(18)25)26-13-12-19-9-11-23-16-30-17-31-28(23)29(19)32-26/h1-17H. The lowest BCUT2D eigenvalue weighted by Crippen LogP contribution is -1.91. The van der Waals surface area contributed by atoms with Gasteiger partial charge in [-0.1, -0.05) is 72.8 Å². The van der Waals surface area contributed by atoms with E-state index in [1.54, 1.807) is 6.33 Å². The molecular formula is C29H17N3. The zero-order chi connectivity index (χ0) is 21.1. The van der Waals surface area contributed by atoms with Crippen LogP contribution in [0.5, 0.6) is 0 Å². The topological polar surface area (TPSA) is 38.7 Å². The number of aromatic nitrogens is 3. The molecule has 3 nitrogen and oxygen atoms in total. The zero-order valence-corrected chi connectivity index (χ0v) is 17.2. The molecule has 148 valence electrons. The van der Waals surface area contributed by atoms with Crippen molar-refractivity contribution < 1.29 is 0 Å². The molecule has 0 aliphatic carbocycles. The minimum Gasteiger partial charge on any atom is -0.245 e. The fourth-order valence-corrected chi connectivity index (χ4v) is 4.80. The van der Waals surface area contributed by atoms with Crippen LogP contribution >= 0.6 is 0 Å². The molecule has 0 atom stereocenters. The van der Waals surface area contributed by atoms with Crippen LogP contribution in [0.15, 0.2) is 104 Å². The highest BCUT2D eigenvalue weighted by Gasteiger charge is 2.12. The van der Waals surface area contributed by atoms with Gasteiger partial charge in [0.1, 0.15) is 6.33 Å². The zero-order valence-electron chi connectivity index (χ0n) is 17.2. The van der Waals surface area contributed by atoms with Gasteiger partial charge in [-0.2, -0.15) is 0 Å². The summed E-state index contributed by atoms with van der Waals surface area (Å²) < 4.78 is 0. The van der Waals surface area contributed by atoms with Crippen LogP contribution in [0.3, 0.4) is 0 Å². The predicted molar refractivity (Wildman–Crippen MR) is 133 cm³/mol. The third-order valence-electron chi connectivity index (χ3n) is 6.34. The summed E-state index contributed by atoms with van der Waals surface area (Å²) in [5.74, 6) is 0. The van der Waals surface area contributed by atoms with Gasteiger partial charge in [0.05, 0.1) is 16.7 Å². The molecule has 32 heavy (non-hydrogen) atoms. The van der Waals surface area contributed by atoms with Crippen LogP contribution < -0.4 is 0 Å². The Morgan fingerprint density at radius 2 is 1.28 bits per heavy atom. The van der Waals surface area contributed by atoms with E-state index in [0.717, 1.165) is 33.1 Å². The first kappa shape index (κ1) is 17.3. The summed E-state index contributed by atoms with van der Waals surface area (Å²) >= 11 is 0. The highest BCUT2D eigenvalue weighted by Crippen LogP contribution is 2.36. The molecule has 7 rings (SSSR count). The maximum absolute atomic E-state index is 5.10. The molecule has 0 N–H and O–H groups in total. The number of rotatable bonds is 1. The Morgan fingerprint density at radius 1 is 0.531 bits per heavy atom. The number of pyridine rings is 1. The first-order valence-electron chi connectivity index (χ1n) is 10.7. The molecule has 0 saturated carbocycles. The van der Waals surface area contributed by atoms with Crippen LogP contribution in [0.1, 0.15) is 0 Å². The second-order valence-corrected chi connectivity index (χ2v) is 8.18. The number of nitrogens with zero attached hydrogens (tertiary/aromatic N) is 3. The van der Waals surface area contributed by atoms with Gasteiger partial charge in [0.2, 0.25) is 0 Å². The van der Waals surface area contributed by atoms with Crippen LogP contribution in [0, 0.1) is 0 Å². The fraction of sp³-hybridized carbons (Fsp3) is 0. The van der Waals surface area contributed by atoms with E-state index < -0.39 is 0 Å². The van der Waals surface area contributed by atoms with Crippen molar-refractivity contribution in [2.24, 2.45) is 0 Å². The van der Waals surface area contributed by atoms with Crippen molar-refractivity contribution in [3.05, 3.63) is 104 Å². The van der Waals surface area contributed by atoms with E-state index in [2.05, 4.69) is 101 Å². The normalized spacial score (nSPS) is 11.8. The van der Waals surface area contributed by atoms with Crippen LogP contribution in [0.4, 0.5) is 0 Å². The van der Waals surface area contributed by atoms with E-state index in [1.165, 1.54) is 32.3 Å². The second kappa shape index (κ2) is 6.56. The molecule has 0 fully saturated rings. The molecule has 0 saturated heterocycles. The smallest absolute Gasteiger partial charge is 0.116 e. The maximum atomic E-state index is 5.10. The molecule has 2 heterocycles. The van der Waals surface area contributed by atoms with Crippen molar-refractivity contribution in [2.75, 3.05) is 0 Å². The third-order valence-corrected chi connectivity index (χ3v) is 6.34. The number of hydrogen-bond acceptors (Lipinski definition) is 3. The minimum atomic E-state index is 0.885. The molecule has 5 aromatic carbocycles. The molecule has 3 heteroatoms. The van der Waals surface area contributed by atoms with E-state index in [9.17, 15) is 0 Å². The minimum absolute atomic E-state index is 0.885. The Bertz CT molecular complexity index is 1840. The van der Waals surface area contributed by atoms with Crippen LogP contribution in [-0.4, -0.2) is 15.0 Å². The third kappa shape index (κ3) is 2.51. The Hall–Kier alpha value is -4.37. The van der Waals surface area contributed by atoms with Crippen molar-refractivity contribution in [3.8, 4) is 11.3 Å². The molecule has 0 spiro atoms. The van der Waals surface area contributed by atoms with Gasteiger partial charge in [-0.25, -0.2) is 15.0 Å². The summed E-state index contributed by atoms with van der Waals surface area (Å²) in [4.78, 5) is 13.8. The van der Waals surface area contributed by atoms with Gasteiger partial charge in [0, 0.05) is 22.5 Å². The van der Waals surface area contributed by atoms with E-state index >= 15 is 0 Å². The quantitative estimate of drug-likeness (QED) is 0.212. The Labute approximate surface area is 184 Å². The maximum Gasteiger partial charge on any atom is 0.116 e. The van der Waals surface area contributed by atoms with Crippen LogP contribution in [0.25, 0.3) is 65.4 Å². The summed E-state index contributed by atoms with van der Waals surface area (Å²) in [6, 6.07) is 32.4. The number of hydrogen-bond donors (Lipinski definition) is 0. The van der Waals surface area contributed by atoms with E-state index in [-0.39, 0.29) is 0 Å². The molecule has 0 amide bonds. The molecule has 0 unspecified atom stereocenters. The molecule has 0 radical (unpaired) electrons. The summed E-state index contributed by atoms with van der Waals surface area (Å²) in [6.07, 6.45) is 3.43. The molecular weight excluding hydrogens is 390 g/mol. The summed E-state index contributed by atoms with van der Waals surface area (Å²) in [7, 11) is 0. The van der Waals surface area contributed by atoms with Crippen molar-refractivity contribution in [1.82, 2.24) is 15.0 Å². The molecule has 7 aromatic rings. The Balaban J connectivity index is 1.59. The lowest BCUT2D eigenvalue weighted by molar-refractivity contribution is 1.22. The monoisotopic (exact) mass is 407 g/mol. The molecule has 0 bridgehead atoms. The first-order valence-corrected chi connectivity index (χ1v) is 10.7. The first-order chi connectivity index (χ1) is 15.8. The van der Waals surface area contributed by atoms with Gasteiger partial charge in [-0.3, -0.25) is 0 Å². The van der Waals surface area contributed by atoms with E-state index in [4.69, 9.17) is 4.98 Å². The fourth-order valence-electron chi connectivity index (χ4n) is 4.80. The highest BCUT2D eigenvalue weighted by atomic mass is 14.8. The number of benzene rings is 5. The van der Waals surface area contributed by atoms with Crippen molar-refractivity contribution in [3.63, 3.8) is 0 Å². The summed E-state index contributed by atoms with van der Waals surface area (Å²) in [5.41, 5.74) is 3.88. The van der Waals surface area contributed by atoms with Crippen molar-refractivity contribution >= 4 is 54.1 Å². The molecule has 0 aliphatic rings.